The van der Waals surface area contributed by atoms with Crippen LogP contribution in [0, 0.1) is 0 Å². The molecule has 0 fully saturated rings. The van der Waals surface area contributed by atoms with Crippen molar-refractivity contribution in [2.75, 3.05) is 20.8 Å². The lowest BCUT2D eigenvalue weighted by molar-refractivity contribution is 0.0808. The molecule has 0 spiro atoms. The van der Waals surface area contributed by atoms with Crippen molar-refractivity contribution in [2.24, 2.45) is 0 Å². The molecule has 76 valence electrons. The zero-order chi connectivity index (χ0) is 9.97. The first kappa shape index (κ1) is 9.49. The van der Waals surface area contributed by atoms with Crippen LogP contribution in [0.25, 0.3) is 0 Å². The Morgan fingerprint density at radius 2 is 2.36 bits per heavy atom. The molecular formula is C11H15NO2. The molecular weight excluding hydrogens is 178 g/mol. The van der Waals surface area contributed by atoms with Crippen molar-refractivity contribution < 1.29 is 9.47 Å². The average Bonchev–Trinajstić information content (AvgIpc) is 2.66. The highest BCUT2D eigenvalue weighted by atomic mass is 16.5. The Balaban J connectivity index is 2.27. The van der Waals surface area contributed by atoms with Gasteiger partial charge < -0.3 is 9.47 Å². The Morgan fingerprint density at radius 1 is 1.50 bits per heavy atom. The molecule has 3 heteroatoms. The van der Waals surface area contributed by atoms with Crippen molar-refractivity contribution in [1.82, 2.24) is 5.32 Å². The fourth-order valence-corrected chi connectivity index (χ4v) is 1.79. The van der Waals surface area contributed by atoms with E-state index in [1.807, 2.05) is 19.2 Å². The van der Waals surface area contributed by atoms with E-state index in [1.54, 1.807) is 7.11 Å². The summed E-state index contributed by atoms with van der Waals surface area (Å²) >= 11 is 0. The number of benzene rings is 1. The maximum Gasteiger partial charge on any atom is 0.133 e. The van der Waals surface area contributed by atoms with E-state index in [-0.39, 0.29) is 6.23 Å². The van der Waals surface area contributed by atoms with Gasteiger partial charge in [0.2, 0.25) is 0 Å². The largest absolute Gasteiger partial charge is 0.493 e. The van der Waals surface area contributed by atoms with Crippen molar-refractivity contribution in [2.45, 2.75) is 12.6 Å². The van der Waals surface area contributed by atoms with Gasteiger partial charge in [-0.2, -0.15) is 0 Å². The zero-order valence-electron chi connectivity index (χ0n) is 8.54. The van der Waals surface area contributed by atoms with Crippen LogP contribution in [0.1, 0.15) is 17.4 Å². The van der Waals surface area contributed by atoms with Crippen molar-refractivity contribution in [3.63, 3.8) is 0 Å². The second-order valence-electron chi connectivity index (χ2n) is 3.37. The quantitative estimate of drug-likeness (QED) is 0.738. The summed E-state index contributed by atoms with van der Waals surface area (Å²) < 4.78 is 10.7. The maximum absolute atomic E-state index is 5.44. The van der Waals surface area contributed by atoms with Gasteiger partial charge in [0.1, 0.15) is 12.0 Å². The Kier molecular flexibility index (Phi) is 2.70. The van der Waals surface area contributed by atoms with E-state index in [9.17, 15) is 0 Å². The lowest BCUT2D eigenvalue weighted by Gasteiger charge is -2.15. The van der Waals surface area contributed by atoms with Crippen LogP contribution in [0.4, 0.5) is 0 Å². The minimum absolute atomic E-state index is 0.0269. The van der Waals surface area contributed by atoms with Crippen molar-refractivity contribution >= 4 is 0 Å². The lowest BCUT2D eigenvalue weighted by atomic mass is 10.1. The van der Waals surface area contributed by atoms with Crippen molar-refractivity contribution in [3.8, 4) is 5.75 Å². The first-order valence-corrected chi connectivity index (χ1v) is 4.81. The van der Waals surface area contributed by atoms with Gasteiger partial charge in [-0.3, -0.25) is 5.32 Å². The van der Waals surface area contributed by atoms with Crippen molar-refractivity contribution in [1.29, 1.82) is 0 Å². The normalized spacial score (nSPS) is 16.1. The predicted molar refractivity (Wildman–Crippen MR) is 54.5 cm³/mol. The second-order valence-corrected chi connectivity index (χ2v) is 3.37. The molecule has 0 amide bonds. The first-order valence-electron chi connectivity index (χ1n) is 4.81. The summed E-state index contributed by atoms with van der Waals surface area (Å²) in [5, 5.41) is 3.10. The van der Waals surface area contributed by atoms with Gasteiger partial charge in [0.05, 0.1) is 6.61 Å². The van der Waals surface area contributed by atoms with Crippen LogP contribution in [0.5, 0.6) is 5.75 Å². The minimum Gasteiger partial charge on any atom is -0.493 e. The van der Waals surface area contributed by atoms with E-state index >= 15 is 0 Å². The molecule has 1 aliphatic heterocycles. The topological polar surface area (TPSA) is 30.5 Å². The molecule has 0 radical (unpaired) electrons. The minimum atomic E-state index is -0.0269. The number of rotatable bonds is 3. The van der Waals surface area contributed by atoms with Gasteiger partial charge in [0, 0.05) is 13.5 Å². The fraction of sp³-hybridized carbons (Fsp3) is 0.455. The number of hydrogen-bond acceptors (Lipinski definition) is 3. The SMILES string of the molecule is CNC(OC)c1ccc2c(c1)CCO2. The monoisotopic (exact) mass is 193 g/mol. The van der Waals surface area contributed by atoms with E-state index < -0.39 is 0 Å². The third-order valence-corrected chi connectivity index (χ3v) is 2.51. The number of hydrogen-bond donors (Lipinski definition) is 1. The van der Waals surface area contributed by atoms with Gasteiger partial charge in [0.15, 0.2) is 0 Å². The molecule has 0 aliphatic carbocycles. The number of methoxy groups -OCH3 is 1. The van der Waals surface area contributed by atoms with Crippen LogP contribution in [-0.2, 0) is 11.2 Å². The van der Waals surface area contributed by atoms with Crippen molar-refractivity contribution in [3.05, 3.63) is 29.3 Å². The van der Waals surface area contributed by atoms with Gasteiger partial charge >= 0.3 is 0 Å². The van der Waals surface area contributed by atoms with E-state index in [1.165, 1.54) is 5.56 Å². The molecule has 1 N–H and O–H groups in total. The van der Waals surface area contributed by atoms with Crippen LogP contribution in [-0.4, -0.2) is 20.8 Å². The maximum atomic E-state index is 5.44. The first-order chi connectivity index (χ1) is 6.85. The van der Waals surface area contributed by atoms with Crippen LogP contribution in [0.3, 0.4) is 0 Å². The summed E-state index contributed by atoms with van der Waals surface area (Å²) in [5.74, 6) is 1.01. The molecule has 0 bridgehead atoms. The van der Waals surface area contributed by atoms with Gasteiger partial charge in [0.25, 0.3) is 0 Å². The van der Waals surface area contributed by atoms with Crippen LogP contribution < -0.4 is 10.1 Å². The lowest BCUT2D eigenvalue weighted by Crippen LogP contribution is -2.17. The molecule has 14 heavy (non-hydrogen) atoms. The summed E-state index contributed by atoms with van der Waals surface area (Å²) in [7, 11) is 3.59. The molecule has 1 aromatic rings. The molecule has 0 saturated heterocycles. The highest BCUT2D eigenvalue weighted by Crippen LogP contribution is 2.28. The Labute approximate surface area is 84.0 Å². The third-order valence-electron chi connectivity index (χ3n) is 2.51. The van der Waals surface area contributed by atoms with Gasteiger partial charge in [-0.15, -0.1) is 0 Å². The summed E-state index contributed by atoms with van der Waals surface area (Å²) in [6.45, 7) is 0.802. The Morgan fingerprint density at radius 3 is 3.07 bits per heavy atom. The summed E-state index contributed by atoms with van der Waals surface area (Å²) in [6.07, 6.45) is 0.976. The van der Waals surface area contributed by atoms with E-state index in [0.717, 1.165) is 24.3 Å². The second kappa shape index (κ2) is 3.98. The third kappa shape index (κ3) is 1.61. The summed E-state index contributed by atoms with van der Waals surface area (Å²) in [6, 6.07) is 6.20. The molecule has 2 rings (SSSR count). The molecule has 1 heterocycles. The molecule has 3 nitrogen and oxygen atoms in total. The average molecular weight is 193 g/mol. The van der Waals surface area contributed by atoms with Gasteiger partial charge in [-0.1, -0.05) is 6.07 Å². The molecule has 1 atom stereocenters. The number of nitrogens with one attached hydrogen (secondary N) is 1. The zero-order valence-corrected chi connectivity index (χ0v) is 8.54. The molecule has 1 aliphatic rings. The van der Waals surface area contributed by atoms with Crippen LogP contribution >= 0.6 is 0 Å². The smallest absolute Gasteiger partial charge is 0.133 e. The van der Waals surface area contributed by atoms with Crippen LogP contribution in [0.15, 0.2) is 18.2 Å². The Bertz CT molecular complexity index is 321. The van der Waals surface area contributed by atoms with Gasteiger partial charge in [-0.25, -0.2) is 0 Å². The van der Waals surface area contributed by atoms with Gasteiger partial charge in [-0.05, 0) is 30.3 Å². The Hall–Kier alpha value is -1.06. The fourth-order valence-electron chi connectivity index (χ4n) is 1.79. The van der Waals surface area contributed by atoms with E-state index in [0.29, 0.717) is 0 Å². The molecule has 0 aromatic heterocycles. The van der Waals surface area contributed by atoms with E-state index in [2.05, 4.69) is 11.4 Å². The highest BCUT2D eigenvalue weighted by Gasteiger charge is 2.15. The molecule has 0 saturated carbocycles. The van der Waals surface area contributed by atoms with E-state index in [4.69, 9.17) is 9.47 Å². The molecule has 1 aromatic carbocycles. The molecule has 1 unspecified atom stereocenters. The highest BCUT2D eigenvalue weighted by molar-refractivity contribution is 5.40. The predicted octanol–water partition coefficient (Wildman–Crippen LogP) is 1.49. The summed E-state index contributed by atoms with van der Waals surface area (Å²) in [5.41, 5.74) is 2.43. The number of fused-ring (bicyclic) bond motifs is 1. The standard InChI is InChI=1S/C11H15NO2/c1-12-11(13-2)9-3-4-10-8(7-9)5-6-14-10/h3-4,7,11-12H,5-6H2,1-2H3. The van der Waals surface area contributed by atoms with Crippen LogP contribution in [0.2, 0.25) is 0 Å². The summed E-state index contributed by atoms with van der Waals surface area (Å²) in [4.78, 5) is 0. The number of ether oxygens (including phenoxy) is 2.